The molecule has 1 amide bonds. The van der Waals surface area contributed by atoms with Crippen molar-refractivity contribution in [1.82, 2.24) is 15.5 Å². The van der Waals surface area contributed by atoms with Crippen molar-refractivity contribution in [2.45, 2.75) is 13.2 Å². The van der Waals surface area contributed by atoms with Crippen LogP contribution in [-0.2, 0) is 6.54 Å². The molecule has 1 heterocycles. The number of rotatable bonds is 7. The summed E-state index contributed by atoms with van der Waals surface area (Å²) in [5, 5.41) is 6.91. The van der Waals surface area contributed by atoms with E-state index in [1.807, 2.05) is 0 Å². The number of nitrogens with zero attached hydrogens (tertiary/aromatic N) is 2. The lowest BCUT2D eigenvalue weighted by molar-refractivity contribution is -0.0515. The lowest BCUT2D eigenvalue weighted by Crippen LogP contribution is -2.24. The van der Waals surface area contributed by atoms with Crippen molar-refractivity contribution in [3.63, 3.8) is 0 Å². The highest BCUT2D eigenvalue weighted by molar-refractivity contribution is 6.30. The molecule has 2 aromatic carbocycles. The first-order chi connectivity index (χ1) is 13.5. The summed E-state index contributed by atoms with van der Waals surface area (Å²) in [6, 6.07) is 11.0. The van der Waals surface area contributed by atoms with Gasteiger partial charge >= 0.3 is 6.61 Å². The highest BCUT2D eigenvalue weighted by Crippen LogP contribution is 2.32. The minimum Gasteiger partial charge on any atom is -0.493 e. The average molecular weight is 410 g/mol. The number of hydrogen-bond acceptors (Lipinski definition) is 6. The Morgan fingerprint density at radius 3 is 2.68 bits per heavy atom. The minimum atomic E-state index is -3.11. The molecule has 0 bridgehead atoms. The molecule has 7 nitrogen and oxygen atoms in total. The maximum atomic E-state index is 12.7. The quantitative estimate of drug-likeness (QED) is 0.636. The number of halogens is 3. The van der Waals surface area contributed by atoms with Gasteiger partial charge in [-0.25, -0.2) is 0 Å². The summed E-state index contributed by atoms with van der Waals surface area (Å²) in [6.07, 6.45) is 0. The van der Waals surface area contributed by atoms with Crippen molar-refractivity contribution < 1.29 is 27.6 Å². The number of carbonyl (C=O) groups excluding carboxylic acids is 1. The Morgan fingerprint density at radius 1 is 1.25 bits per heavy atom. The summed E-state index contributed by atoms with van der Waals surface area (Å²) in [5.41, 5.74) is 0.572. The van der Waals surface area contributed by atoms with Gasteiger partial charge in [0, 0.05) is 10.6 Å². The molecule has 0 fully saturated rings. The first kappa shape index (κ1) is 19.6. The van der Waals surface area contributed by atoms with Crippen LogP contribution in [0.1, 0.15) is 16.2 Å². The van der Waals surface area contributed by atoms with Gasteiger partial charge in [0.1, 0.15) is 0 Å². The number of ether oxygens (including phenoxy) is 2. The Kier molecular flexibility index (Phi) is 6.05. The highest BCUT2D eigenvalue weighted by atomic mass is 35.5. The molecule has 0 unspecified atom stereocenters. The Hall–Kier alpha value is -3.20. The van der Waals surface area contributed by atoms with E-state index in [0.717, 1.165) is 0 Å². The van der Waals surface area contributed by atoms with Crippen LogP contribution in [0.3, 0.4) is 0 Å². The lowest BCUT2D eigenvalue weighted by atomic mass is 10.1. The number of hydrogen-bond donors (Lipinski definition) is 1. The number of carbonyl (C=O) groups is 1. The van der Waals surface area contributed by atoms with E-state index >= 15 is 0 Å². The smallest absolute Gasteiger partial charge is 0.387 e. The van der Waals surface area contributed by atoms with Gasteiger partial charge in [0.05, 0.1) is 19.2 Å². The third-order valence-electron chi connectivity index (χ3n) is 3.62. The molecule has 0 radical (unpaired) electrons. The van der Waals surface area contributed by atoms with Gasteiger partial charge in [-0.1, -0.05) is 22.8 Å². The Labute approximate surface area is 163 Å². The van der Waals surface area contributed by atoms with E-state index in [4.69, 9.17) is 20.9 Å². The largest absolute Gasteiger partial charge is 0.493 e. The van der Waals surface area contributed by atoms with Crippen molar-refractivity contribution in [2.24, 2.45) is 0 Å². The molecule has 0 atom stereocenters. The first-order valence-electron chi connectivity index (χ1n) is 7.96. The second-order valence-corrected chi connectivity index (χ2v) is 5.85. The van der Waals surface area contributed by atoms with Crippen LogP contribution in [0.5, 0.6) is 11.5 Å². The van der Waals surface area contributed by atoms with Crippen LogP contribution in [0, 0.1) is 0 Å². The van der Waals surface area contributed by atoms with E-state index < -0.39 is 12.5 Å². The summed E-state index contributed by atoms with van der Waals surface area (Å²) in [4.78, 5) is 16.6. The molecule has 1 N–H and O–H groups in total. The van der Waals surface area contributed by atoms with Crippen molar-refractivity contribution in [3.8, 4) is 22.9 Å². The summed E-state index contributed by atoms with van der Waals surface area (Å²) in [6.45, 7) is -3.22. The summed E-state index contributed by atoms with van der Waals surface area (Å²) < 4.78 is 39.8. The predicted octanol–water partition coefficient (Wildman–Crippen LogP) is 3.93. The molecular weight excluding hydrogens is 396 g/mol. The molecule has 0 aliphatic carbocycles. The second kappa shape index (κ2) is 8.66. The van der Waals surface area contributed by atoms with E-state index in [2.05, 4.69) is 20.2 Å². The second-order valence-electron chi connectivity index (χ2n) is 5.42. The molecule has 0 spiro atoms. The topological polar surface area (TPSA) is 86.5 Å². The first-order valence-corrected chi connectivity index (χ1v) is 8.34. The van der Waals surface area contributed by atoms with Gasteiger partial charge in [0.15, 0.2) is 11.5 Å². The summed E-state index contributed by atoms with van der Waals surface area (Å²) in [5.74, 6) is -0.553. The van der Waals surface area contributed by atoms with Gasteiger partial charge in [0.25, 0.3) is 5.91 Å². The zero-order valence-electron chi connectivity index (χ0n) is 14.5. The van der Waals surface area contributed by atoms with Crippen LogP contribution in [-0.4, -0.2) is 29.8 Å². The van der Waals surface area contributed by atoms with E-state index in [1.54, 1.807) is 24.3 Å². The fourth-order valence-corrected chi connectivity index (χ4v) is 2.49. The van der Waals surface area contributed by atoms with E-state index in [0.29, 0.717) is 16.4 Å². The van der Waals surface area contributed by atoms with Crippen LogP contribution in [0.4, 0.5) is 8.78 Å². The van der Waals surface area contributed by atoms with Gasteiger partial charge < -0.3 is 19.3 Å². The normalized spacial score (nSPS) is 10.8. The van der Waals surface area contributed by atoms with E-state index in [1.165, 1.54) is 25.3 Å². The Morgan fingerprint density at radius 2 is 2.00 bits per heavy atom. The predicted molar refractivity (Wildman–Crippen MR) is 95.5 cm³/mol. The fraction of sp³-hybridized carbons (Fsp3) is 0.167. The zero-order chi connectivity index (χ0) is 20.1. The van der Waals surface area contributed by atoms with Crippen LogP contribution < -0.4 is 14.8 Å². The molecule has 3 rings (SSSR count). The summed E-state index contributed by atoms with van der Waals surface area (Å²) >= 11 is 5.84. The van der Waals surface area contributed by atoms with Crippen LogP contribution in [0.2, 0.25) is 5.02 Å². The molecule has 3 aromatic rings. The molecule has 10 heteroatoms. The van der Waals surface area contributed by atoms with Crippen LogP contribution in [0.15, 0.2) is 47.0 Å². The zero-order valence-corrected chi connectivity index (χ0v) is 15.2. The van der Waals surface area contributed by atoms with E-state index in [9.17, 15) is 13.6 Å². The van der Waals surface area contributed by atoms with E-state index in [-0.39, 0.29) is 29.5 Å². The molecule has 0 saturated heterocycles. The Bertz CT molecular complexity index is 964. The van der Waals surface area contributed by atoms with Crippen LogP contribution in [0.25, 0.3) is 11.4 Å². The number of alkyl halides is 2. The third kappa shape index (κ3) is 4.55. The lowest BCUT2D eigenvalue weighted by Gasteiger charge is -2.13. The van der Waals surface area contributed by atoms with Crippen molar-refractivity contribution in [2.75, 3.05) is 7.11 Å². The van der Waals surface area contributed by atoms with Crippen molar-refractivity contribution in [1.29, 1.82) is 0 Å². The molecule has 146 valence electrons. The molecule has 0 aliphatic heterocycles. The number of amides is 1. The van der Waals surface area contributed by atoms with Gasteiger partial charge in [-0.3, -0.25) is 4.79 Å². The molecule has 1 aromatic heterocycles. The maximum Gasteiger partial charge on any atom is 0.387 e. The number of aromatic nitrogens is 2. The summed E-state index contributed by atoms with van der Waals surface area (Å²) in [7, 11) is 1.28. The van der Waals surface area contributed by atoms with Crippen LogP contribution >= 0.6 is 11.6 Å². The maximum absolute atomic E-state index is 12.7. The monoisotopic (exact) mass is 409 g/mol. The molecule has 28 heavy (non-hydrogen) atoms. The standard InChI is InChI=1S/C18H14ClF2N3O4/c1-26-13-4-2-3-12(15(13)27-18(20)21)17(25)22-9-14-23-16(24-28-14)10-5-7-11(19)8-6-10/h2-8,18H,9H2,1H3,(H,22,25). The van der Waals surface area contributed by atoms with Crippen molar-refractivity contribution in [3.05, 3.63) is 58.9 Å². The number of methoxy groups -OCH3 is 1. The van der Waals surface area contributed by atoms with Gasteiger partial charge in [-0.05, 0) is 36.4 Å². The van der Waals surface area contributed by atoms with Gasteiger partial charge in [-0.2, -0.15) is 13.8 Å². The molecular formula is C18H14ClF2N3O4. The number of nitrogens with one attached hydrogen (secondary N) is 1. The number of benzene rings is 2. The molecule has 0 aliphatic rings. The third-order valence-corrected chi connectivity index (χ3v) is 3.87. The molecule has 0 saturated carbocycles. The van der Waals surface area contributed by atoms with Crippen molar-refractivity contribution >= 4 is 17.5 Å². The van der Waals surface area contributed by atoms with Gasteiger partial charge in [0.2, 0.25) is 11.7 Å². The highest BCUT2D eigenvalue weighted by Gasteiger charge is 2.20. The fourth-order valence-electron chi connectivity index (χ4n) is 2.36. The SMILES string of the molecule is COc1cccc(C(=O)NCc2nc(-c3ccc(Cl)cc3)no2)c1OC(F)F. The number of para-hydroxylation sites is 1. The minimum absolute atomic E-state index is 0.00997. The Balaban J connectivity index is 1.72. The van der Waals surface area contributed by atoms with Gasteiger partial charge in [-0.15, -0.1) is 0 Å². The average Bonchev–Trinajstić information content (AvgIpc) is 3.15.